The van der Waals surface area contributed by atoms with E-state index in [1.54, 1.807) is 6.26 Å². The highest BCUT2D eigenvalue weighted by molar-refractivity contribution is 5.89. The minimum atomic E-state index is 0.246. The summed E-state index contributed by atoms with van der Waals surface area (Å²) < 4.78 is 4.88. The van der Waals surface area contributed by atoms with E-state index in [1.165, 1.54) is 0 Å². The molecule has 0 bridgehead atoms. The molecular weight excluding hydrogens is 126 g/mol. The molecule has 1 aromatic heterocycles. The van der Waals surface area contributed by atoms with Gasteiger partial charge < -0.3 is 4.42 Å². The topological polar surface area (TPSA) is 36.9 Å². The molecule has 0 unspecified atom stereocenters. The van der Waals surface area contributed by atoms with Gasteiger partial charge in [0.05, 0.1) is 0 Å². The van der Waals surface area contributed by atoms with Crippen molar-refractivity contribution in [3.63, 3.8) is 0 Å². The van der Waals surface area contributed by atoms with Gasteiger partial charge in [-0.05, 0) is 6.07 Å². The number of rotatable bonds is 0. The number of furan rings is 1. The lowest BCUT2D eigenvalue weighted by molar-refractivity contribution is 0.578. The lowest BCUT2D eigenvalue weighted by Gasteiger charge is -1.83. The van der Waals surface area contributed by atoms with Crippen molar-refractivity contribution in [2.75, 3.05) is 0 Å². The predicted molar refractivity (Wildman–Crippen MR) is 39.0 cm³/mol. The van der Waals surface area contributed by atoms with Crippen LogP contribution in [0.3, 0.4) is 0 Å². The number of nitrogens with one attached hydrogen (secondary N) is 1. The SMILES string of the molecule is [NH]c1occ2ccccc12. The van der Waals surface area contributed by atoms with Crippen molar-refractivity contribution in [1.29, 1.82) is 0 Å². The van der Waals surface area contributed by atoms with E-state index in [9.17, 15) is 0 Å². The average molecular weight is 132 g/mol. The molecule has 0 aliphatic rings. The molecule has 0 amide bonds. The molecule has 0 fully saturated rings. The van der Waals surface area contributed by atoms with Gasteiger partial charge in [0.1, 0.15) is 6.26 Å². The second-order valence-electron chi connectivity index (χ2n) is 2.15. The minimum Gasteiger partial charge on any atom is -0.446 e. The quantitative estimate of drug-likeness (QED) is 0.542. The maximum atomic E-state index is 7.28. The largest absolute Gasteiger partial charge is 0.446 e. The Kier molecular flexibility index (Phi) is 0.947. The Balaban J connectivity index is 2.93. The summed E-state index contributed by atoms with van der Waals surface area (Å²) >= 11 is 0. The Labute approximate surface area is 58.2 Å². The standard InChI is InChI=1S/C8H6NO/c9-8-7-4-2-1-3-6(7)5-10-8/h1-5,9H. The van der Waals surface area contributed by atoms with E-state index in [2.05, 4.69) is 0 Å². The van der Waals surface area contributed by atoms with Gasteiger partial charge >= 0.3 is 0 Å². The minimum absolute atomic E-state index is 0.246. The highest BCUT2D eigenvalue weighted by Gasteiger charge is 1.98. The second-order valence-corrected chi connectivity index (χ2v) is 2.15. The fraction of sp³-hybridized carbons (Fsp3) is 0. The van der Waals surface area contributed by atoms with E-state index in [-0.39, 0.29) is 5.88 Å². The molecule has 2 rings (SSSR count). The number of hydrogen-bond donors (Lipinski definition) is 0. The van der Waals surface area contributed by atoms with Crippen molar-refractivity contribution in [3.05, 3.63) is 30.5 Å². The first kappa shape index (κ1) is 5.35. The van der Waals surface area contributed by atoms with Crippen LogP contribution in [0.2, 0.25) is 0 Å². The highest BCUT2D eigenvalue weighted by Crippen LogP contribution is 2.22. The molecule has 2 aromatic rings. The molecule has 1 heterocycles. The van der Waals surface area contributed by atoms with Crippen LogP contribution in [0.15, 0.2) is 34.9 Å². The van der Waals surface area contributed by atoms with Gasteiger partial charge in [-0.25, -0.2) is 0 Å². The molecule has 49 valence electrons. The molecule has 2 nitrogen and oxygen atoms in total. The fourth-order valence-corrected chi connectivity index (χ4v) is 0.992. The van der Waals surface area contributed by atoms with Gasteiger partial charge in [0, 0.05) is 10.8 Å². The summed E-state index contributed by atoms with van der Waals surface area (Å²) in [5, 5.41) is 1.87. The van der Waals surface area contributed by atoms with Crippen molar-refractivity contribution in [3.8, 4) is 0 Å². The van der Waals surface area contributed by atoms with Crippen LogP contribution < -0.4 is 5.73 Å². The summed E-state index contributed by atoms with van der Waals surface area (Å²) in [6, 6.07) is 7.63. The van der Waals surface area contributed by atoms with Crippen molar-refractivity contribution >= 4 is 16.7 Å². The Morgan fingerprint density at radius 1 is 1.20 bits per heavy atom. The third kappa shape index (κ3) is 0.589. The van der Waals surface area contributed by atoms with Crippen LogP contribution in [0.4, 0.5) is 5.88 Å². The molecule has 0 atom stereocenters. The summed E-state index contributed by atoms with van der Waals surface area (Å²) in [4.78, 5) is 0. The molecule has 1 aromatic carbocycles. The van der Waals surface area contributed by atoms with Crippen LogP contribution in [0.1, 0.15) is 0 Å². The Morgan fingerprint density at radius 2 is 2.00 bits per heavy atom. The maximum Gasteiger partial charge on any atom is 0.219 e. The van der Waals surface area contributed by atoms with Gasteiger partial charge in [-0.1, -0.05) is 18.2 Å². The van der Waals surface area contributed by atoms with Crippen molar-refractivity contribution < 1.29 is 4.42 Å². The molecule has 1 radical (unpaired) electrons. The second kappa shape index (κ2) is 1.77. The molecule has 0 aliphatic carbocycles. The summed E-state index contributed by atoms with van der Waals surface area (Å²) in [6.07, 6.45) is 1.59. The third-order valence-corrected chi connectivity index (χ3v) is 1.51. The van der Waals surface area contributed by atoms with E-state index in [1.807, 2.05) is 24.3 Å². The van der Waals surface area contributed by atoms with Crippen molar-refractivity contribution in [1.82, 2.24) is 5.73 Å². The molecule has 1 N–H and O–H groups in total. The Bertz CT molecular complexity index is 351. The van der Waals surface area contributed by atoms with E-state index >= 15 is 0 Å². The van der Waals surface area contributed by atoms with Gasteiger partial charge in [0.25, 0.3) is 0 Å². The lowest BCUT2D eigenvalue weighted by atomic mass is 10.2. The average Bonchev–Trinajstić information content (AvgIpc) is 2.34. The summed E-state index contributed by atoms with van der Waals surface area (Å²) in [5.74, 6) is 0.246. The zero-order valence-corrected chi connectivity index (χ0v) is 5.29. The van der Waals surface area contributed by atoms with Gasteiger partial charge in [-0.15, -0.1) is 0 Å². The van der Waals surface area contributed by atoms with E-state index in [0.717, 1.165) is 10.8 Å². The maximum absolute atomic E-state index is 7.28. The predicted octanol–water partition coefficient (Wildman–Crippen LogP) is 2.35. The van der Waals surface area contributed by atoms with Gasteiger partial charge in [0.15, 0.2) is 0 Å². The van der Waals surface area contributed by atoms with Crippen LogP contribution >= 0.6 is 0 Å². The van der Waals surface area contributed by atoms with Gasteiger partial charge in [0.2, 0.25) is 5.88 Å². The van der Waals surface area contributed by atoms with Crippen LogP contribution in [-0.4, -0.2) is 0 Å². The zero-order valence-electron chi connectivity index (χ0n) is 5.29. The lowest BCUT2D eigenvalue weighted by Crippen LogP contribution is -1.63. The molecule has 0 saturated heterocycles. The van der Waals surface area contributed by atoms with Crippen molar-refractivity contribution in [2.24, 2.45) is 0 Å². The first-order valence-corrected chi connectivity index (χ1v) is 3.06. The van der Waals surface area contributed by atoms with E-state index in [0.29, 0.717) is 0 Å². The third-order valence-electron chi connectivity index (χ3n) is 1.51. The van der Waals surface area contributed by atoms with Crippen LogP contribution in [0, 0.1) is 0 Å². The molecule has 10 heavy (non-hydrogen) atoms. The summed E-state index contributed by atoms with van der Waals surface area (Å²) in [7, 11) is 0. The zero-order chi connectivity index (χ0) is 6.97. The van der Waals surface area contributed by atoms with E-state index < -0.39 is 0 Å². The smallest absolute Gasteiger partial charge is 0.219 e. The molecule has 0 aliphatic heterocycles. The highest BCUT2D eigenvalue weighted by atomic mass is 16.3. The van der Waals surface area contributed by atoms with Crippen LogP contribution in [-0.2, 0) is 0 Å². The monoisotopic (exact) mass is 132 g/mol. The van der Waals surface area contributed by atoms with Crippen LogP contribution in [0.5, 0.6) is 0 Å². The Morgan fingerprint density at radius 3 is 2.80 bits per heavy atom. The first-order chi connectivity index (χ1) is 4.88. The molecule has 2 heteroatoms. The first-order valence-electron chi connectivity index (χ1n) is 3.06. The normalized spacial score (nSPS) is 10.4. The Hall–Kier alpha value is -1.44. The van der Waals surface area contributed by atoms with Crippen molar-refractivity contribution in [2.45, 2.75) is 0 Å². The van der Waals surface area contributed by atoms with Gasteiger partial charge in [-0.3, -0.25) is 5.73 Å². The number of fused-ring (bicyclic) bond motifs is 1. The fourth-order valence-electron chi connectivity index (χ4n) is 0.992. The summed E-state index contributed by atoms with van der Waals surface area (Å²) in [5.41, 5.74) is 7.28. The van der Waals surface area contributed by atoms with Gasteiger partial charge in [-0.2, -0.15) is 0 Å². The molecular formula is C8H6NO. The van der Waals surface area contributed by atoms with E-state index in [4.69, 9.17) is 10.2 Å². The number of benzene rings is 1. The molecule has 0 spiro atoms. The molecule has 0 saturated carbocycles. The summed E-state index contributed by atoms with van der Waals surface area (Å²) in [6.45, 7) is 0. The van der Waals surface area contributed by atoms with Crippen LogP contribution in [0.25, 0.3) is 10.8 Å². The number of hydrogen-bond acceptors (Lipinski definition) is 1.